The van der Waals surface area contributed by atoms with Crippen molar-refractivity contribution < 1.29 is 102 Å². The van der Waals surface area contributed by atoms with Crippen molar-refractivity contribution in [3.8, 4) is 51.7 Å². The molecular formula is C42H57Cl3O9SiTi. The van der Waals surface area contributed by atoms with Gasteiger partial charge >= 0.3 is 21.7 Å². The van der Waals surface area contributed by atoms with Gasteiger partial charge in [-0.2, -0.15) is 22.3 Å². The Kier molecular flexibility index (Phi) is 19.5. The molecule has 0 spiro atoms. The Bertz CT molecular complexity index is 1840. The summed E-state index contributed by atoms with van der Waals surface area (Å²) in [5.74, 6) is 5.51. The van der Waals surface area contributed by atoms with Crippen molar-refractivity contribution in [3.05, 3.63) is 55.6 Å². The zero-order valence-corrected chi connectivity index (χ0v) is 41.1. The molecule has 4 aromatic carbocycles. The van der Waals surface area contributed by atoms with Crippen LogP contribution in [0.2, 0.25) is 0 Å². The van der Waals surface area contributed by atoms with Gasteiger partial charge in [0.25, 0.3) is 0 Å². The van der Waals surface area contributed by atoms with Gasteiger partial charge < -0.3 is 79.9 Å². The number of hydrogen-bond donors (Lipinski definition) is 0. The Morgan fingerprint density at radius 3 is 0.661 bits per heavy atom. The zero-order valence-electron chi connectivity index (χ0n) is 36.3. The number of rotatable bonds is 13. The third-order valence-corrected chi connectivity index (χ3v) is 16.8. The molecule has 0 aliphatic rings. The first-order chi connectivity index (χ1) is 24.6. The first kappa shape index (κ1) is 53.0. The van der Waals surface area contributed by atoms with Crippen LogP contribution in [-0.4, -0.2) is 72.1 Å². The molecule has 0 saturated carbocycles. The second-order valence-corrected chi connectivity index (χ2v) is 16.8. The summed E-state index contributed by atoms with van der Waals surface area (Å²) in [6.45, 7) is 21.0. The molecule has 308 valence electrons. The Hall–Kier alpha value is -2.99. The molecule has 0 aliphatic heterocycles. The molecule has 0 heterocycles. The van der Waals surface area contributed by atoms with Crippen LogP contribution < -0.4 is 101 Å². The molecule has 0 radical (unpaired) electrons. The van der Waals surface area contributed by atoms with Gasteiger partial charge in [0.1, 0.15) is 25.3 Å². The number of halogens is 3. The Balaban J connectivity index is 0.00000756. The summed E-state index contributed by atoms with van der Waals surface area (Å²) < 4.78 is 57.2. The molecular weight excluding hydrogens is 831 g/mol. The smallest absolute Gasteiger partial charge is 1.00 e. The first-order valence-electron chi connectivity index (χ1n) is 17.3. The molecule has 0 aliphatic carbocycles. The van der Waals surface area contributed by atoms with Gasteiger partial charge in [0.15, 0.2) is 34.5 Å². The van der Waals surface area contributed by atoms with Crippen LogP contribution in [0.1, 0.15) is 55.6 Å². The molecule has 56 heavy (non-hydrogen) atoms. The van der Waals surface area contributed by atoms with E-state index in [2.05, 4.69) is 48.5 Å². The molecule has 14 heteroatoms. The molecule has 0 unspecified atom stereocenters. The quantitative estimate of drug-likeness (QED) is 0.0792. The summed E-state index contributed by atoms with van der Waals surface area (Å²) in [5.41, 5.74) is 9.79. The minimum absolute atomic E-state index is 0. The number of hydrogen-bond acceptors (Lipinski definition) is 9. The summed E-state index contributed by atoms with van der Waals surface area (Å²) in [7, 11) is 11.2. The van der Waals surface area contributed by atoms with E-state index in [-0.39, 0.29) is 58.9 Å². The maximum absolute atomic E-state index is 6.56. The standard InChI is InChI=1S/C42H57O9Si.3ClH.Ti/c1-20-21(2)23(4)39(22(20)3)52(40-27(8)30(43-11)24(5)33(46-14)36(40)49-17,41-28(9)31(44-12)25(6)34(47-15)37(41)50-18)42-29(10)32(45-13)26(7)35(48-16)38(42)51-19;;;;/h1-19H3;3*1H;/q-1;;;;+4/p-3. The van der Waals surface area contributed by atoms with Gasteiger partial charge in [-0.3, -0.25) is 0 Å². The largest absolute Gasteiger partial charge is 4.00 e. The number of methoxy groups -OCH3 is 9. The maximum atomic E-state index is 6.56. The van der Waals surface area contributed by atoms with E-state index in [0.717, 1.165) is 65.3 Å². The molecule has 9 nitrogen and oxygen atoms in total. The van der Waals surface area contributed by atoms with Crippen molar-refractivity contribution in [2.45, 2.75) is 69.2 Å². The summed E-state index contributed by atoms with van der Waals surface area (Å²) >= 11 is 0. The average molecular weight is 888 g/mol. The van der Waals surface area contributed by atoms with Crippen LogP contribution >= 0.6 is 0 Å². The SMILES string of the molecule is COc1c(C)c(OC)c(OC)c([Si](c2c(C)c(OC)c(C)c(OC)c2OC)(c2c(C)c(OC)c(C)c(OC)c2OC)[c-]2c(C)c(C)c(C)c2C)c1C.[Cl-].[Cl-].[Cl-].[Ti+4]. The predicted octanol–water partition coefficient (Wildman–Crippen LogP) is -3.05. The van der Waals surface area contributed by atoms with E-state index in [4.69, 9.17) is 42.6 Å². The minimum atomic E-state index is -3.94. The Morgan fingerprint density at radius 2 is 0.482 bits per heavy atom. The Morgan fingerprint density at radius 1 is 0.286 bits per heavy atom. The number of ether oxygens (including phenoxy) is 9. The second-order valence-electron chi connectivity index (χ2n) is 13.3. The summed E-state index contributed by atoms with van der Waals surface area (Å²) in [4.78, 5) is 0. The van der Waals surface area contributed by atoms with Gasteiger partial charge in [0.05, 0.1) is 64.0 Å². The van der Waals surface area contributed by atoms with Crippen molar-refractivity contribution in [1.82, 2.24) is 0 Å². The summed E-state index contributed by atoms with van der Waals surface area (Å²) in [6.07, 6.45) is 0. The van der Waals surface area contributed by atoms with E-state index in [9.17, 15) is 0 Å². The number of benzene rings is 3. The molecule has 4 rings (SSSR count). The van der Waals surface area contributed by atoms with Crippen LogP contribution in [0.3, 0.4) is 0 Å². The van der Waals surface area contributed by atoms with E-state index in [0.29, 0.717) is 51.7 Å². The molecule has 0 bridgehead atoms. The molecule has 0 aromatic heterocycles. The molecule has 0 fully saturated rings. The van der Waals surface area contributed by atoms with Gasteiger partial charge in [0.2, 0.25) is 0 Å². The summed E-state index contributed by atoms with van der Waals surface area (Å²) in [6, 6.07) is 0. The van der Waals surface area contributed by atoms with Crippen LogP contribution in [0.25, 0.3) is 0 Å². The van der Waals surface area contributed by atoms with E-state index in [1.807, 2.05) is 20.8 Å². The monoisotopic (exact) mass is 886 g/mol. The van der Waals surface area contributed by atoms with E-state index in [1.54, 1.807) is 64.0 Å². The average Bonchev–Trinajstić information content (AvgIpc) is 3.31. The molecule has 0 amide bonds. The van der Waals surface area contributed by atoms with Crippen molar-refractivity contribution >= 4 is 28.8 Å². The fraction of sp³-hybridized carbons (Fsp3) is 0.452. The van der Waals surface area contributed by atoms with Crippen LogP contribution in [0.4, 0.5) is 0 Å². The van der Waals surface area contributed by atoms with Crippen LogP contribution in [-0.2, 0) is 21.7 Å². The normalized spacial score (nSPS) is 10.6. The van der Waals surface area contributed by atoms with E-state index < -0.39 is 8.07 Å². The van der Waals surface area contributed by atoms with Gasteiger partial charge in [-0.05, 0) is 73.8 Å². The van der Waals surface area contributed by atoms with Crippen molar-refractivity contribution in [2.24, 2.45) is 0 Å². The zero-order chi connectivity index (χ0) is 39.1. The molecule has 0 atom stereocenters. The summed E-state index contributed by atoms with van der Waals surface area (Å²) in [5, 5.41) is 3.83. The molecule has 4 aromatic rings. The van der Waals surface area contributed by atoms with Crippen molar-refractivity contribution in [2.75, 3.05) is 64.0 Å². The second kappa shape index (κ2) is 20.6. The van der Waals surface area contributed by atoms with Crippen molar-refractivity contribution in [3.63, 3.8) is 0 Å². The fourth-order valence-corrected chi connectivity index (χ4v) is 15.7. The molecule has 0 saturated heterocycles. The van der Waals surface area contributed by atoms with Gasteiger partial charge in [-0.25, -0.2) is 0 Å². The van der Waals surface area contributed by atoms with Crippen LogP contribution in [0, 0.1) is 69.2 Å². The third kappa shape index (κ3) is 7.43. The van der Waals surface area contributed by atoms with E-state index in [1.165, 1.54) is 11.1 Å². The van der Waals surface area contributed by atoms with Crippen LogP contribution in [0.5, 0.6) is 51.7 Å². The minimum Gasteiger partial charge on any atom is -1.00 e. The van der Waals surface area contributed by atoms with Gasteiger partial charge in [0, 0.05) is 16.7 Å². The van der Waals surface area contributed by atoms with Crippen molar-refractivity contribution in [1.29, 1.82) is 0 Å². The van der Waals surface area contributed by atoms with Gasteiger partial charge in [-0.1, -0.05) is 27.7 Å². The van der Waals surface area contributed by atoms with Gasteiger partial charge in [-0.15, -0.1) is 5.19 Å². The first-order valence-corrected chi connectivity index (χ1v) is 19.3. The Labute approximate surface area is 368 Å². The van der Waals surface area contributed by atoms with E-state index >= 15 is 0 Å². The fourth-order valence-electron chi connectivity index (χ4n) is 8.98. The maximum Gasteiger partial charge on any atom is 4.00 e. The van der Waals surface area contributed by atoms with Crippen LogP contribution in [0.15, 0.2) is 0 Å². The third-order valence-electron chi connectivity index (χ3n) is 11.3. The predicted molar refractivity (Wildman–Crippen MR) is 212 cm³/mol. The molecule has 0 N–H and O–H groups in total. The topological polar surface area (TPSA) is 83.1 Å².